The normalized spacial score (nSPS) is 23.2. The molecule has 2 N–H and O–H groups in total. The van der Waals surface area contributed by atoms with Crippen LogP contribution in [0, 0.1) is 0 Å². The van der Waals surface area contributed by atoms with E-state index in [-0.39, 0.29) is 18.2 Å². The van der Waals surface area contributed by atoms with Crippen LogP contribution in [0.1, 0.15) is 37.2 Å². The van der Waals surface area contributed by atoms with E-state index in [1.165, 1.54) is 4.88 Å². The molecule has 0 aliphatic carbocycles. The Labute approximate surface area is 121 Å². The molecule has 0 bridgehead atoms. The number of thiophene rings is 1. The van der Waals surface area contributed by atoms with Gasteiger partial charge in [0.25, 0.3) is 0 Å². The van der Waals surface area contributed by atoms with Gasteiger partial charge in [-0.3, -0.25) is 0 Å². The minimum absolute atomic E-state index is 0.0181. The van der Waals surface area contributed by atoms with Gasteiger partial charge in [0.15, 0.2) is 0 Å². The van der Waals surface area contributed by atoms with Gasteiger partial charge in [-0.15, -0.1) is 11.3 Å². The van der Waals surface area contributed by atoms with Crippen LogP contribution in [0.4, 0.5) is 0 Å². The number of nitrogens with two attached hydrogens (primary N) is 1. The first-order valence-electron chi connectivity index (χ1n) is 6.43. The van der Waals surface area contributed by atoms with Crippen LogP contribution in [0.25, 0.3) is 0 Å². The van der Waals surface area contributed by atoms with Crippen LogP contribution in [-0.2, 0) is 9.47 Å². The minimum atomic E-state index is -0.0181. The Morgan fingerprint density at radius 3 is 3.06 bits per heavy atom. The molecule has 1 aliphatic rings. The summed E-state index contributed by atoms with van der Waals surface area (Å²) in [5.41, 5.74) is 6.17. The zero-order valence-corrected chi connectivity index (χ0v) is 13.0. The van der Waals surface area contributed by atoms with Gasteiger partial charge in [0.05, 0.1) is 12.7 Å². The monoisotopic (exact) mass is 333 g/mol. The molecule has 3 nitrogen and oxygen atoms in total. The summed E-state index contributed by atoms with van der Waals surface area (Å²) in [6.45, 7) is 3.60. The summed E-state index contributed by atoms with van der Waals surface area (Å²) in [4.78, 5) is 1.19. The summed E-state index contributed by atoms with van der Waals surface area (Å²) in [5.74, 6) is 0. The summed E-state index contributed by atoms with van der Waals surface area (Å²) in [7, 11) is 0. The molecule has 2 rings (SSSR count). The summed E-state index contributed by atoms with van der Waals surface area (Å²) in [6, 6.07) is 2.14. The molecule has 0 aromatic carbocycles. The van der Waals surface area contributed by atoms with Gasteiger partial charge in [0, 0.05) is 27.4 Å². The second-order valence-electron chi connectivity index (χ2n) is 4.63. The molecule has 1 aromatic heterocycles. The number of halogens is 1. The molecule has 1 fully saturated rings. The quantitative estimate of drug-likeness (QED) is 0.866. The maximum absolute atomic E-state index is 6.17. The third-order valence-electron chi connectivity index (χ3n) is 3.21. The molecule has 0 radical (unpaired) electrons. The number of ether oxygens (including phenoxy) is 2. The molecule has 0 saturated carbocycles. The van der Waals surface area contributed by atoms with E-state index in [4.69, 9.17) is 15.2 Å². The number of hydrogen-bond acceptors (Lipinski definition) is 4. The summed E-state index contributed by atoms with van der Waals surface area (Å²) in [6.07, 6.45) is 3.38. The average Bonchev–Trinajstić information content (AvgIpc) is 3.01. The van der Waals surface area contributed by atoms with Crippen molar-refractivity contribution >= 4 is 27.3 Å². The lowest BCUT2D eigenvalue weighted by molar-refractivity contribution is -0.0297. The van der Waals surface area contributed by atoms with Crippen LogP contribution in [0.5, 0.6) is 0 Å². The molecule has 5 heteroatoms. The fourth-order valence-electron chi connectivity index (χ4n) is 2.10. The van der Waals surface area contributed by atoms with E-state index in [9.17, 15) is 0 Å². The Hall–Kier alpha value is 0.0600. The lowest BCUT2D eigenvalue weighted by Gasteiger charge is -2.23. The van der Waals surface area contributed by atoms with Crippen molar-refractivity contribution in [3.63, 3.8) is 0 Å². The topological polar surface area (TPSA) is 44.5 Å². The standard InChI is InChI=1S/C13H20BrNO2S/c1-2-11(15)13(12-6-9(14)8-18-12)17-7-10-4-3-5-16-10/h6,8,10-11,13H,2-5,7,15H2,1H3. The van der Waals surface area contributed by atoms with Crippen LogP contribution < -0.4 is 5.73 Å². The largest absolute Gasteiger partial charge is 0.376 e. The van der Waals surface area contributed by atoms with Gasteiger partial charge in [0.1, 0.15) is 6.10 Å². The van der Waals surface area contributed by atoms with Crippen LogP contribution in [0.2, 0.25) is 0 Å². The molecule has 102 valence electrons. The van der Waals surface area contributed by atoms with Crippen LogP contribution >= 0.6 is 27.3 Å². The first kappa shape index (κ1) is 14.5. The Bertz CT molecular complexity index is 366. The fraction of sp³-hybridized carbons (Fsp3) is 0.692. The summed E-state index contributed by atoms with van der Waals surface area (Å²) >= 11 is 5.17. The molecule has 18 heavy (non-hydrogen) atoms. The Kier molecular flexibility index (Phi) is 5.63. The molecule has 0 amide bonds. The van der Waals surface area contributed by atoms with Crippen molar-refractivity contribution < 1.29 is 9.47 Å². The summed E-state index contributed by atoms with van der Waals surface area (Å²) < 4.78 is 12.7. The van der Waals surface area contributed by atoms with E-state index < -0.39 is 0 Å². The van der Waals surface area contributed by atoms with Gasteiger partial charge >= 0.3 is 0 Å². The first-order valence-corrected chi connectivity index (χ1v) is 8.10. The van der Waals surface area contributed by atoms with Crippen molar-refractivity contribution in [1.29, 1.82) is 0 Å². The number of rotatable bonds is 6. The van der Waals surface area contributed by atoms with Crippen molar-refractivity contribution in [3.05, 3.63) is 20.8 Å². The molecule has 1 saturated heterocycles. The van der Waals surface area contributed by atoms with Crippen molar-refractivity contribution in [2.45, 2.75) is 44.4 Å². The highest BCUT2D eigenvalue weighted by Gasteiger charge is 2.24. The molecular weight excluding hydrogens is 314 g/mol. The smallest absolute Gasteiger partial charge is 0.107 e. The minimum Gasteiger partial charge on any atom is -0.376 e. The van der Waals surface area contributed by atoms with E-state index in [2.05, 4.69) is 34.3 Å². The third kappa shape index (κ3) is 3.78. The molecule has 2 heterocycles. The average molecular weight is 334 g/mol. The van der Waals surface area contributed by atoms with Crippen molar-refractivity contribution in [3.8, 4) is 0 Å². The predicted octanol–water partition coefficient (Wildman–Crippen LogP) is 3.48. The van der Waals surface area contributed by atoms with Gasteiger partial charge in [-0.2, -0.15) is 0 Å². The van der Waals surface area contributed by atoms with Gasteiger partial charge in [-0.25, -0.2) is 0 Å². The highest BCUT2D eigenvalue weighted by Crippen LogP contribution is 2.31. The van der Waals surface area contributed by atoms with Crippen molar-refractivity contribution in [2.24, 2.45) is 5.73 Å². The van der Waals surface area contributed by atoms with Crippen molar-refractivity contribution in [1.82, 2.24) is 0 Å². The van der Waals surface area contributed by atoms with E-state index in [0.29, 0.717) is 6.61 Å². The highest BCUT2D eigenvalue weighted by atomic mass is 79.9. The van der Waals surface area contributed by atoms with Crippen LogP contribution in [-0.4, -0.2) is 25.4 Å². The van der Waals surface area contributed by atoms with Gasteiger partial charge in [-0.05, 0) is 41.3 Å². The van der Waals surface area contributed by atoms with E-state index in [0.717, 1.165) is 30.3 Å². The van der Waals surface area contributed by atoms with Crippen molar-refractivity contribution in [2.75, 3.05) is 13.2 Å². The predicted molar refractivity (Wildman–Crippen MR) is 78.0 cm³/mol. The highest BCUT2D eigenvalue weighted by molar-refractivity contribution is 9.10. The second-order valence-corrected chi connectivity index (χ2v) is 6.49. The molecule has 3 unspecified atom stereocenters. The Balaban J connectivity index is 1.96. The van der Waals surface area contributed by atoms with Gasteiger partial charge in [-0.1, -0.05) is 6.92 Å². The summed E-state index contributed by atoms with van der Waals surface area (Å²) in [5, 5.41) is 2.07. The van der Waals surface area contributed by atoms with Gasteiger partial charge in [0.2, 0.25) is 0 Å². The second kappa shape index (κ2) is 7.01. The zero-order chi connectivity index (χ0) is 13.0. The Morgan fingerprint density at radius 2 is 2.50 bits per heavy atom. The van der Waals surface area contributed by atoms with Crippen LogP contribution in [0.15, 0.2) is 15.9 Å². The van der Waals surface area contributed by atoms with E-state index in [1.54, 1.807) is 11.3 Å². The molecule has 3 atom stereocenters. The molecular formula is C13H20BrNO2S. The SMILES string of the molecule is CCC(N)C(OCC1CCCO1)c1cc(Br)cs1. The third-order valence-corrected chi connectivity index (χ3v) is 4.97. The maximum atomic E-state index is 6.17. The number of hydrogen-bond donors (Lipinski definition) is 1. The maximum Gasteiger partial charge on any atom is 0.107 e. The first-order chi connectivity index (χ1) is 8.70. The van der Waals surface area contributed by atoms with E-state index in [1.807, 2.05) is 0 Å². The molecule has 1 aliphatic heterocycles. The van der Waals surface area contributed by atoms with Crippen LogP contribution in [0.3, 0.4) is 0 Å². The zero-order valence-electron chi connectivity index (χ0n) is 10.6. The lowest BCUT2D eigenvalue weighted by Crippen LogP contribution is -2.31. The van der Waals surface area contributed by atoms with Gasteiger partial charge < -0.3 is 15.2 Å². The van der Waals surface area contributed by atoms with E-state index >= 15 is 0 Å². The molecule has 1 aromatic rings. The fourth-order valence-corrected chi connectivity index (χ4v) is 3.66. The lowest BCUT2D eigenvalue weighted by atomic mass is 10.1. The Morgan fingerprint density at radius 1 is 1.67 bits per heavy atom. The molecule has 0 spiro atoms.